The van der Waals surface area contributed by atoms with Gasteiger partial charge in [-0.2, -0.15) is 0 Å². The van der Waals surface area contributed by atoms with Crippen LogP contribution >= 0.6 is 0 Å². The second kappa shape index (κ2) is 10.6. The topological polar surface area (TPSA) is 44.7 Å². The Labute approximate surface area is 118 Å². The van der Waals surface area contributed by atoms with E-state index in [4.69, 9.17) is 4.74 Å². The van der Waals surface area contributed by atoms with E-state index in [1.165, 1.54) is 12.8 Å². The number of hydrogen-bond acceptors (Lipinski definition) is 4. The number of rotatable bonds is 10. The predicted octanol–water partition coefficient (Wildman–Crippen LogP) is 1.63. The van der Waals surface area contributed by atoms with Gasteiger partial charge < -0.3 is 15.2 Å². The van der Waals surface area contributed by atoms with E-state index in [0.29, 0.717) is 12.6 Å². The van der Waals surface area contributed by atoms with Crippen molar-refractivity contribution in [2.75, 3.05) is 39.4 Å². The largest absolute Gasteiger partial charge is 0.389 e. The third-order valence-corrected chi connectivity index (χ3v) is 3.70. The highest BCUT2D eigenvalue weighted by atomic mass is 16.5. The summed E-state index contributed by atoms with van der Waals surface area (Å²) >= 11 is 0. The van der Waals surface area contributed by atoms with E-state index < -0.39 is 0 Å². The zero-order valence-electron chi connectivity index (χ0n) is 12.7. The summed E-state index contributed by atoms with van der Waals surface area (Å²) in [6.45, 7) is 9.60. The highest BCUT2D eigenvalue weighted by Crippen LogP contribution is 2.11. The van der Waals surface area contributed by atoms with Crippen molar-refractivity contribution in [2.24, 2.45) is 0 Å². The van der Waals surface area contributed by atoms with Crippen LogP contribution in [0.3, 0.4) is 0 Å². The molecule has 2 N–H and O–H groups in total. The van der Waals surface area contributed by atoms with Crippen LogP contribution < -0.4 is 5.32 Å². The number of unbranched alkanes of at least 4 members (excludes halogenated alkanes) is 1. The number of piperidine rings is 1. The van der Waals surface area contributed by atoms with E-state index in [-0.39, 0.29) is 6.10 Å². The third-order valence-electron chi connectivity index (χ3n) is 3.70. The first kappa shape index (κ1) is 16.9. The van der Waals surface area contributed by atoms with Crippen molar-refractivity contribution in [2.45, 2.75) is 58.1 Å². The minimum Gasteiger partial charge on any atom is -0.389 e. The average molecular weight is 272 g/mol. The van der Waals surface area contributed by atoms with E-state index in [2.05, 4.69) is 24.1 Å². The van der Waals surface area contributed by atoms with Crippen molar-refractivity contribution >= 4 is 0 Å². The van der Waals surface area contributed by atoms with Crippen molar-refractivity contribution < 1.29 is 9.84 Å². The molecule has 1 aliphatic rings. The van der Waals surface area contributed by atoms with Crippen LogP contribution in [0.2, 0.25) is 0 Å². The van der Waals surface area contributed by atoms with E-state index in [1.807, 2.05) is 0 Å². The second-order valence-corrected chi connectivity index (χ2v) is 5.58. The van der Waals surface area contributed by atoms with Crippen LogP contribution in [-0.2, 0) is 4.74 Å². The molecule has 19 heavy (non-hydrogen) atoms. The molecular weight excluding hydrogens is 240 g/mol. The SMILES string of the molecule is CCCCOCC(O)CN(CCC)C1CCCNC1. The van der Waals surface area contributed by atoms with Gasteiger partial charge in [-0.1, -0.05) is 20.3 Å². The van der Waals surface area contributed by atoms with Gasteiger partial charge in [0, 0.05) is 25.7 Å². The summed E-state index contributed by atoms with van der Waals surface area (Å²) < 4.78 is 5.51. The summed E-state index contributed by atoms with van der Waals surface area (Å²) in [5.74, 6) is 0. The number of ether oxygens (including phenoxy) is 1. The molecule has 4 nitrogen and oxygen atoms in total. The Kier molecular flexibility index (Phi) is 9.43. The van der Waals surface area contributed by atoms with Crippen LogP contribution in [0.4, 0.5) is 0 Å². The Morgan fingerprint density at radius 2 is 2.21 bits per heavy atom. The Morgan fingerprint density at radius 1 is 1.37 bits per heavy atom. The fourth-order valence-electron chi connectivity index (χ4n) is 2.64. The summed E-state index contributed by atoms with van der Waals surface area (Å²) in [5, 5.41) is 13.5. The van der Waals surface area contributed by atoms with Gasteiger partial charge in [-0.25, -0.2) is 0 Å². The normalized spacial score (nSPS) is 21.8. The first-order chi connectivity index (χ1) is 9.27. The molecule has 1 aliphatic heterocycles. The Bertz CT molecular complexity index is 208. The quantitative estimate of drug-likeness (QED) is 0.593. The minimum absolute atomic E-state index is 0.356. The molecule has 1 rings (SSSR count). The van der Waals surface area contributed by atoms with Gasteiger partial charge >= 0.3 is 0 Å². The van der Waals surface area contributed by atoms with Gasteiger partial charge in [-0.15, -0.1) is 0 Å². The summed E-state index contributed by atoms with van der Waals surface area (Å²) in [5.41, 5.74) is 0. The van der Waals surface area contributed by atoms with Crippen LogP contribution in [-0.4, -0.2) is 61.5 Å². The molecule has 114 valence electrons. The van der Waals surface area contributed by atoms with Crippen molar-refractivity contribution in [3.05, 3.63) is 0 Å². The number of nitrogens with zero attached hydrogens (tertiary/aromatic N) is 1. The second-order valence-electron chi connectivity index (χ2n) is 5.58. The van der Waals surface area contributed by atoms with Gasteiger partial charge in [0.2, 0.25) is 0 Å². The van der Waals surface area contributed by atoms with Gasteiger partial charge in [0.25, 0.3) is 0 Å². The first-order valence-corrected chi connectivity index (χ1v) is 7.98. The Hall–Kier alpha value is -0.160. The van der Waals surface area contributed by atoms with Crippen LogP contribution in [0, 0.1) is 0 Å². The van der Waals surface area contributed by atoms with Gasteiger partial charge in [0.15, 0.2) is 0 Å². The van der Waals surface area contributed by atoms with E-state index >= 15 is 0 Å². The van der Waals surface area contributed by atoms with Gasteiger partial charge in [-0.05, 0) is 38.8 Å². The molecule has 0 saturated carbocycles. The molecule has 0 bridgehead atoms. The third kappa shape index (κ3) is 7.25. The summed E-state index contributed by atoms with van der Waals surface area (Å²) in [7, 11) is 0. The highest BCUT2D eigenvalue weighted by molar-refractivity contribution is 4.79. The molecule has 0 spiro atoms. The maximum atomic E-state index is 10.1. The van der Waals surface area contributed by atoms with E-state index in [1.54, 1.807) is 0 Å². The molecule has 2 atom stereocenters. The fraction of sp³-hybridized carbons (Fsp3) is 1.00. The maximum Gasteiger partial charge on any atom is 0.0900 e. The van der Waals surface area contributed by atoms with Gasteiger partial charge in [0.05, 0.1) is 12.7 Å². The highest BCUT2D eigenvalue weighted by Gasteiger charge is 2.22. The maximum absolute atomic E-state index is 10.1. The summed E-state index contributed by atoms with van der Waals surface area (Å²) in [4.78, 5) is 2.43. The zero-order chi connectivity index (χ0) is 13.9. The fourth-order valence-corrected chi connectivity index (χ4v) is 2.64. The Morgan fingerprint density at radius 3 is 2.84 bits per heavy atom. The molecule has 4 heteroatoms. The molecule has 0 aliphatic carbocycles. The van der Waals surface area contributed by atoms with Crippen LogP contribution in [0.1, 0.15) is 46.0 Å². The van der Waals surface area contributed by atoms with E-state index in [9.17, 15) is 5.11 Å². The number of nitrogens with one attached hydrogen (secondary N) is 1. The van der Waals surface area contributed by atoms with Crippen LogP contribution in [0.5, 0.6) is 0 Å². The molecule has 0 aromatic heterocycles. The van der Waals surface area contributed by atoms with E-state index in [0.717, 1.165) is 52.0 Å². The smallest absolute Gasteiger partial charge is 0.0900 e. The van der Waals surface area contributed by atoms with Gasteiger partial charge in [-0.3, -0.25) is 4.90 Å². The van der Waals surface area contributed by atoms with Crippen molar-refractivity contribution in [1.29, 1.82) is 0 Å². The molecular formula is C15H32N2O2. The molecule has 1 fully saturated rings. The van der Waals surface area contributed by atoms with Crippen molar-refractivity contribution in [3.8, 4) is 0 Å². The lowest BCUT2D eigenvalue weighted by Gasteiger charge is -2.35. The van der Waals surface area contributed by atoms with Crippen LogP contribution in [0.15, 0.2) is 0 Å². The summed E-state index contributed by atoms with van der Waals surface area (Å²) in [6, 6.07) is 0.582. The van der Waals surface area contributed by atoms with Crippen molar-refractivity contribution in [1.82, 2.24) is 10.2 Å². The molecule has 0 radical (unpaired) electrons. The average Bonchev–Trinajstić information content (AvgIpc) is 2.44. The number of aliphatic hydroxyl groups is 1. The summed E-state index contributed by atoms with van der Waals surface area (Å²) in [6.07, 6.45) is 5.50. The monoisotopic (exact) mass is 272 g/mol. The van der Waals surface area contributed by atoms with Crippen LogP contribution in [0.25, 0.3) is 0 Å². The minimum atomic E-state index is -0.356. The van der Waals surface area contributed by atoms with Crippen molar-refractivity contribution in [3.63, 3.8) is 0 Å². The molecule has 2 unspecified atom stereocenters. The molecule has 0 amide bonds. The standard InChI is InChI=1S/C15H32N2O2/c1-3-5-10-19-13-15(18)12-17(9-4-2)14-7-6-8-16-11-14/h14-16,18H,3-13H2,1-2H3. The Balaban J connectivity index is 2.26. The lowest BCUT2D eigenvalue weighted by Crippen LogP contribution is -2.49. The molecule has 1 saturated heterocycles. The number of hydrogen-bond donors (Lipinski definition) is 2. The lowest BCUT2D eigenvalue weighted by atomic mass is 10.1. The number of aliphatic hydroxyl groups excluding tert-OH is 1. The zero-order valence-corrected chi connectivity index (χ0v) is 12.7. The molecule has 0 aromatic rings. The predicted molar refractivity (Wildman–Crippen MR) is 79.5 cm³/mol. The van der Waals surface area contributed by atoms with Gasteiger partial charge in [0.1, 0.15) is 0 Å². The molecule has 1 heterocycles. The first-order valence-electron chi connectivity index (χ1n) is 7.98. The lowest BCUT2D eigenvalue weighted by molar-refractivity contribution is 0.00525. The molecule has 0 aromatic carbocycles.